The third-order valence-corrected chi connectivity index (χ3v) is 13.2. The van der Waals surface area contributed by atoms with Gasteiger partial charge in [0.2, 0.25) is 23.6 Å². The van der Waals surface area contributed by atoms with Crippen molar-refractivity contribution < 1.29 is 57.3 Å². The van der Waals surface area contributed by atoms with Crippen molar-refractivity contribution in [3.8, 4) is 0 Å². The quantitative estimate of drug-likeness (QED) is 0.0412. The van der Waals surface area contributed by atoms with E-state index in [-0.39, 0.29) is 83.1 Å². The summed E-state index contributed by atoms with van der Waals surface area (Å²) in [5, 5.41) is 0. The van der Waals surface area contributed by atoms with Crippen molar-refractivity contribution in [2.24, 2.45) is 23.7 Å². The summed E-state index contributed by atoms with van der Waals surface area (Å²) in [5.74, 6) is -1.54. The Bertz CT molecular complexity index is 1580. The topological polar surface area (TPSA) is 186 Å². The molecular weight excluding hydrogens is 909 g/mol. The van der Waals surface area contributed by atoms with Crippen LogP contribution in [0.2, 0.25) is 0 Å². The van der Waals surface area contributed by atoms with Crippen LogP contribution in [0.25, 0.3) is 0 Å². The Kier molecular flexibility index (Phi) is 34.2. The third-order valence-electron chi connectivity index (χ3n) is 13.2. The lowest BCUT2D eigenvalue weighted by atomic mass is 10.1. The number of rotatable bonds is 28. The standard InChI is InChI=1S/C17H31NO3.C15H27NO3.C13H23NO3.C10H17NO3/c1-3-5-7-8-9-10-12-21-17(20)15-13-16(19)18(14-15)11-6-4-2;1-3-5-7-8-10-19-15(18)13-11-14(17)16(12-13)9-6-4-2;1-3-5-7-14-10-11(9-12(14)15)13(16)17-8-6-4-2;1-10(2,3)11-6-7(5-8(11)12)9(13)14-4/h15H,3-14H2,1-2H3;13H,3-12H2,1-2H3;11H,3-10H2,1-2H3;7H,5-6H2,1-4H3. The van der Waals surface area contributed by atoms with Gasteiger partial charge in [-0.2, -0.15) is 0 Å². The summed E-state index contributed by atoms with van der Waals surface area (Å²) in [6, 6.07) is 0. The number of esters is 4. The van der Waals surface area contributed by atoms with E-state index >= 15 is 0 Å². The second kappa shape index (κ2) is 37.5. The molecule has 0 aliphatic carbocycles. The van der Waals surface area contributed by atoms with Crippen molar-refractivity contribution >= 4 is 47.5 Å². The predicted octanol–water partition coefficient (Wildman–Crippen LogP) is 9.08. The van der Waals surface area contributed by atoms with Gasteiger partial charge in [0.1, 0.15) is 0 Å². The van der Waals surface area contributed by atoms with E-state index in [1.807, 2.05) is 20.8 Å². The monoisotopic (exact) mass is 1010 g/mol. The number of likely N-dealkylation sites (tertiary alicyclic amines) is 4. The number of nitrogens with zero attached hydrogens (tertiary/aromatic N) is 4. The zero-order chi connectivity index (χ0) is 53.2. The number of amides is 4. The van der Waals surface area contributed by atoms with Crippen LogP contribution < -0.4 is 0 Å². The molecule has 4 unspecified atom stereocenters. The molecule has 16 heteroatoms. The number of unbranched alkanes of at least 4 members (excludes halogenated alkanes) is 12. The lowest BCUT2D eigenvalue weighted by Gasteiger charge is -2.31. The molecule has 4 heterocycles. The molecule has 0 spiro atoms. The fraction of sp³-hybridized carbons (Fsp3) is 0.855. The highest BCUT2D eigenvalue weighted by Crippen LogP contribution is 2.27. The molecule has 0 aromatic rings. The Hall–Kier alpha value is -4.24. The molecule has 4 aliphatic heterocycles. The molecule has 4 saturated heterocycles. The molecule has 0 radical (unpaired) electrons. The van der Waals surface area contributed by atoms with Crippen LogP contribution in [-0.4, -0.2) is 145 Å². The molecule has 410 valence electrons. The van der Waals surface area contributed by atoms with E-state index in [2.05, 4.69) is 46.3 Å². The average Bonchev–Trinajstić information content (AvgIpc) is 4.14. The maximum atomic E-state index is 11.9. The van der Waals surface area contributed by atoms with Crippen LogP contribution in [0.15, 0.2) is 0 Å². The molecule has 71 heavy (non-hydrogen) atoms. The second-order valence-electron chi connectivity index (χ2n) is 20.6. The van der Waals surface area contributed by atoms with Crippen LogP contribution in [0.1, 0.15) is 204 Å². The van der Waals surface area contributed by atoms with Crippen molar-refractivity contribution in [1.82, 2.24) is 19.6 Å². The van der Waals surface area contributed by atoms with Crippen LogP contribution in [0.3, 0.4) is 0 Å². The highest BCUT2D eigenvalue weighted by Gasteiger charge is 2.40. The average molecular weight is 1010 g/mol. The predicted molar refractivity (Wildman–Crippen MR) is 276 cm³/mol. The molecule has 4 amide bonds. The minimum Gasteiger partial charge on any atom is -0.469 e. The van der Waals surface area contributed by atoms with Crippen molar-refractivity contribution in [2.45, 2.75) is 209 Å². The van der Waals surface area contributed by atoms with E-state index < -0.39 is 0 Å². The first-order valence-electron chi connectivity index (χ1n) is 27.6. The Morgan fingerprint density at radius 3 is 1.03 bits per heavy atom. The number of methoxy groups -OCH3 is 1. The first-order chi connectivity index (χ1) is 33.9. The van der Waals surface area contributed by atoms with E-state index in [1.165, 1.54) is 45.6 Å². The maximum Gasteiger partial charge on any atom is 0.311 e. The molecule has 4 rings (SSSR count). The lowest BCUT2D eigenvalue weighted by Crippen LogP contribution is -2.42. The number of hydrogen-bond donors (Lipinski definition) is 0. The lowest BCUT2D eigenvalue weighted by molar-refractivity contribution is -0.149. The van der Waals surface area contributed by atoms with E-state index in [9.17, 15) is 38.4 Å². The van der Waals surface area contributed by atoms with Gasteiger partial charge in [-0.1, -0.05) is 119 Å². The largest absolute Gasteiger partial charge is 0.469 e. The summed E-state index contributed by atoms with van der Waals surface area (Å²) in [6.45, 7) is 24.5. The smallest absolute Gasteiger partial charge is 0.311 e. The number of hydrogen-bond acceptors (Lipinski definition) is 12. The molecule has 16 nitrogen and oxygen atoms in total. The van der Waals surface area contributed by atoms with Gasteiger partial charge in [-0.15, -0.1) is 0 Å². The van der Waals surface area contributed by atoms with Crippen LogP contribution in [0.4, 0.5) is 0 Å². The van der Waals surface area contributed by atoms with Crippen molar-refractivity contribution in [3.63, 3.8) is 0 Å². The van der Waals surface area contributed by atoms with Crippen molar-refractivity contribution in [1.29, 1.82) is 0 Å². The molecule has 0 N–H and O–H groups in total. The molecule has 4 fully saturated rings. The van der Waals surface area contributed by atoms with Crippen LogP contribution in [-0.2, 0) is 57.3 Å². The van der Waals surface area contributed by atoms with Gasteiger partial charge in [-0.05, 0) is 59.3 Å². The number of carbonyl (C=O) groups excluding carboxylic acids is 8. The van der Waals surface area contributed by atoms with E-state index in [0.717, 1.165) is 96.7 Å². The summed E-state index contributed by atoms with van der Waals surface area (Å²) in [7, 11) is 1.35. The fourth-order valence-corrected chi connectivity index (χ4v) is 8.59. The minimum atomic E-state index is -0.287. The zero-order valence-corrected chi connectivity index (χ0v) is 46.1. The normalized spacial score (nSPS) is 19.7. The molecule has 0 bridgehead atoms. The van der Waals surface area contributed by atoms with Gasteiger partial charge >= 0.3 is 23.9 Å². The minimum absolute atomic E-state index is 0.0351. The van der Waals surface area contributed by atoms with Crippen molar-refractivity contribution in [2.75, 3.05) is 72.7 Å². The Morgan fingerprint density at radius 1 is 0.408 bits per heavy atom. The Labute approximate surface area is 428 Å². The van der Waals surface area contributed by atoms with Crippen LogP contribution in [0, 0.1) is 23.7 Å². The van der Waals surface area contributed by atoms with Crippen molar-refractivity contribution in [3.05, 3.63) is 0 Å². The third kappa shape index (κ3) is 26.3. The van der Waals surface area contributed by atoms with Gasteiger partial charge in [0, 0.05) is 77.0 Å². The highest BCUT2D eigenvalue weighted by molar-refractivity contribution is 5.89. The molecule has 4 aliphatic rings. The summed E-state index contributed by atoms with van der Waals surface area (Å²) in [5.41, 5.74) is -0.208. The van der Waals surface area contributed by atoms with E-state index in [0.29, 0.717) is 65.3 Å². The van der Waals surface area contributed by atoms with Gasteiger partial charge in [-0.25, -0.2) is 0 Å². The SMILES string of the molecule is CCCCCCCCOC(=O)C1CC(=O)N(CCCC)C1.CCCCCCOC(=O)C1CC(=O)N(CCCC)C1.CCCCOC(=O)C1CC(=O)N(CCCC)C1.COC(=O)C1CC(=O)N(C(C)(C)C)C1. The first kappa shape index (κ1) is 64.8. The van der Waals surface area contributed by atoms with E-state index in [4.69, 9.17) is 14.2 Å². The zero-order valence-electron chi connectivity index (χ0n) is 46.1. The molecule has 0 aromatic carbocycles. The second-order valence-corrected chi connectivity index (χ2v) is 20.6. The number of ether oxygens (including phenoxy) is 4. The molecule has 4 atom stereocenters. The van der Waals surface area contributed by atoms with Crippen LogP contribution >= 0.6 is 0 Å². The van der Waals surface area contributed by atoms with Gasteiger partial charge < -0.3 is 38.5 Å². The van der Waals surface area contributed by atoms with E-state index in [1.54, 1.807) is 19.6 Å². The molecular formula is C55H98N4O12. The summed E-state index contributed by atoms with van der Waals surface area (Å²) in [4.78, 5) is 101. The first-order valence-corrected chi connectivity index (χ1v) is 27.6. The Balaban J connectivity index is 0.000000478. The van der Waals surface area contributed by atoms with Crippen LogP contribution in [0.5, 0.6) is 0 Å². The number of carbonyl (C=O) groups is 8. The fourth-order valence-electron chi connectivity index (χ4n) is 8.59. The van der Waals surface area contributed by atoms with Gasteiger partial charge in [0.05, 0.1) is 50.6 Å². The molecule has 0 saturated carbocycles. The Morgan fingerprint density at radius 2 is 0.704 bits per heavy atom. The highest BCUT2D eigenvalue weighted by atomic mass is 16.5. The summed E-state index contributed by atoms with van der Waals surface area (Å²) >= 11 is 0. The van der Waals surface area contributed by atoms with Gasteiger partial charge in [0.15, 0.2) is 0 Å². The summed E-state index contributed by atoms with van der Waals surface area (Å²) in [6.07, 6.45) is 20.9. The molecule has 0 aromatic heterocycles. The summed E-state index contributed by atoms with van der Waals surface area (Å²) < 4.78 is 20.3. The maximum absolute atomic E-state index is 11.9. The van der Waals surface area contributed by atoms with Gasteiger partial charge in [-0.3, -0.25) is 38.4 Å². The van der Waals surface area contributed by atoms with Gasteiger partial charge in [0.25, 0.3) is 0 Å².